The molecule has 4 rings (SSSR count). The van der Waals surface area contributed by atoms with Crippen LogP contribution in [0.2, 0.25) is 5.02 Å². The van der Waals surface area contributed by atoms with Crippen molar-refractivity contribution in [1.29, 1.82) is 0 Å². The number of anilines is 1. The van der Waals surface area contributed by atoms with Gasteiger partial charge >= 0.3 is 0 Å². The normalized spacial score (nSPS) is 19.3. The lowest BCUT2D eigenvalue weighted by atomic mass is 10.0. The Balaban J connectivity index is 1.55. The Morgan fingerprint density at radius 3 is 2.81 bits per heavy atom. The lowest BCUT2D eigenvalue weighted by molar-refractivity contribution is -0.119. The average molecular weight is 400 g/mol. The first-order valence-corrected chi connectivity index (χ1v) is 10.2. The zero-order valence-electron chi connectivity index (χ0n) is 14.5. The fourth-order valence-corrected chi connectivity index (χ4v) is 4.53. The first-order valence-electron chi connectivity index (χ1n) is 8.80. The molecule has 2 amide bonds. The summed E-state index contributed by atoms with van der Waals surface area (Å²) in [5.41, 5.74) is 2.08. The van der Waals surface area contributed by atoms with Gasteiger partial charge in [-0.2, -0.15) is 5.10 Å². The molecule has 0 spiro atoms. The van der Waals surface area contributed by atoms with Crippen LogP contribution in [0.1, 0.15) is 30.9 Å². The number of nitrogens with zero attached hydrogens (tertiary/aromatic N) is 2. The van der Waals surface area contributed by atoms with E-state index in [0.717, 1.165) is 22.6 Å². The molecule has 1 atom stereocenters. The first-order chi connectivity index (χ1) is 13.1. The van der Waals surface area contributed by atoms with Crippen LogP contribution in [0.25, 0.3) is 0 Å². The lowest BCUT2D eigenvalue weighted by Gasteiger charge is -2.28. The Morgan fingerprint density at radius 1 is 1.19 bits per heavy atom. The number of hydrazone groups is 1. The van der Waals surface area contributed by atoms with Gasteiger partial charge in [0.1, 0.15) is 5.71 Å². The van der Waals surface area contributed by atoms with Crippen molar-refractivity contribution >= 4 is 46.6 Å². The van der Waals surface area contributed by atoms with Gasteiger partial charge in [-0.25, -0.2) is 5.01 Å². The van der Waals surface area contributed by atoms with Gasteiger partial charge in [0.25, 0.3) is 5.91 Å². The molecule has 0 saturated heterocycles. The number of halogens is 1. The maximum Gasteiger partial charge on any atom is 0.267 e. The van der Waals surface area contributed by atoms with Crippen LogP contribution in [0.5, 0.6) is 0 Å². The van der Waals surface area contributed by atoms with Crippen molar-refractivity contribution in [2.45, 2.75) is 30.2 Å². The molecule has 2 aliphatic rings. The number of para-hydroxylation sites is 1. The minimum absolute atomic E-state index is 0.0991. The van der Waals surface area contributed by atoms with Crippen molar-refractivity contribution < 1.29 is 9.59 Å². The number of benzene rings is 2. The first kappa shape index (κ1) is 18.1. The molecule has 2 aromatic rings. The van der Waals surface area contributed by atoms with Gasteiger partial charge < -0.3 is 5.32 Å². The Labute approximate surface area is 166 Å². The van der Waals surface area contributed by atoms with Crippen molar-refractivity contribution in [2.24, 2.45) is 5.10 Å². The van der Waals surface area contributed by atoms with Gasteiger partial charge in [-0.1, -0.05) is 29.8 Å². The second-order valence-corrected chi connectivity index (χ2v) is 8.01. The van der Waals surface area contributed by atoms with Crippen molar-refractivity contribution in [1.82, 2.24) is 5.32 Å². The van der Waals surface area contributed by atoms with E-state index >= 15 is 0 Å². The topological polar surface area (TPSA) is 61.8 Å². The Hall–Kier alpha value is -2.31. The van der Waals surface area contributed by atoms with E-state index < -0.39 is 0 Å². The van der Waals surface area contributed by atoms with Crippen LogP contribution in [-0.4, -0.2) is 23.3 Å². The molecule has 2 heterocycles. The number of thioether (sulfide) groups is 1. The Kier molecular flexibility index (Phi) is 5.18. The SMILES string of the molecule is O=C(N[C@@H]1CCSc2ccc(Cl)cc21)C1=NN(c2ccccc2)C(=O)CC1. The molecule has 0 saturated carbocycles. The number of hydrogen-bond acceptors (Lipinski definition) is 4. The second kappa shape index (κ2) is 7.74. The molecule has 1 N–H and O–H groups in total. The minimum Gasteiger partial charge on any atom is -0.344 e. The summed E-state index contributed by atoms with van der Waals surface area (Å²) in [7, 11) is 0. The second-order valence-electron chi connectivity index (χ2n) is 6.43. The average Bonchev–Trinajstić information content (AvgIpc) is 2.69. The van der Waals surface area contributed by atoms with Gasteiger partial charge in [0.2, 0.25) is 5.91 Å². The van der Waals surface area contributed by atoms with Crippen molar-refractivity contribution in [3.8, 4) is 0 Å². The van der Waals surface area contributed by atoms with E-state index in [0.29, 0.717) is 22.8 Å². The highest BCUT2D eigenvalue weighted by Crippen LogP contribution is 2.37. The largest absolute Gasteiger partial charge is 0.344 e. The van der Waals surface area contributed by atoms with Gasteiger partial charge in [0.05, 0.1) is 11.7 Å². The summed E-state index contributed by atoms with van der Waals surface area (Å²) in [6, 6.07) is 14.8. The van der Waals surface area contributed by atoms with E-state index in [1.165, 1.54) is 5.01 Å². The zero-order chi connectivity index (χ0) is 18.8. The van der Waals surface area contributed by atoms with Crippen LogP contribution < -0.4 is 10.3 Å². The van der Waals surface area contributed by atoms with Crippen molar-refractivity contribution in [3.63, 3.8) is 0 Å². The summed E-state index contributed by atoms with van der Waals surface area (Å²) in [6.45, 7) is 0. The quantitative estimate of drug-likeness (QED) is 0.842. The summed E-state index contributed by atoms with van der Waals surface area (Å²) >= 11 is 7.91. The molecule has 2 aliphatic heterocycles. The van der Waals surface area contributed by atoms with Crippen molar-refractivity contribution in [2.75, 3.05) is 10.8 Å². The van der Waals surface area contributed by atoms with E-state index in [4.69, 9.17) is 11.6 Å². The summed E-state index contributed by atoms with van der Waals surface area (Å²) in [5.74, 6) is 0.593. The van der Waals surface area contributed by atoms with E-state index in [9.17, 15) is 9.59 Å². The van der Waals surface area contributed by atoms with E-state index in [-0.39, 0.29) is 24.3 Å². The molecule has 5 nitrogen and oxygen atoms in total. The molecular formula is C20H18ClN3O2S. The van der Waals surface area contributed by atoms with Crippen LogP contribution in [0, 0.1) is 0 Å². The highest BCUT2D eigenvalue weighted by molar-refractivity contribution is 7.99. The fourth-order valence-electron chi connectivity index (χ4n) is 3.24. The molecule has 0 radical (unpaired) electrons. The summed E-state index contributed by atoms with van der Waals surface area (Å²) in [4.78, 5) is 26.2. The number of fused-ring (bicyclic) bond motifs is 1. The molecule has 27 heavy (non-hydrogen) atoms. The van der Waals surface area contributed by atoms with Crippen LogP contribution in [0.3, 0.4) is 0 Å². The smallest absolute Gasteiger partial charge is 0.267 e. The van der Waals surface area contributed by atoms with Crippen molar-refractivity contribution in [3.05, 3.63) is 59.1 Å². The zero-order valence-corrected chi connectivity index (χ0v) is 16.1. The molecule has 0 fully saturated rings. The van der Waals surface area contributed by atoms with Crippen LogP contribution >= 0.6 is 23.4 Å². The Bertz CT molecular complexity index is 917. The van der Waals surface area contributed by atoms with Crippen LogP contribution in [-0.2, 0) is 9.59 Å². The van der Waals surface area contributed by atoms with Gasteiger partial charge in [-0.15, -0.1) is 11.8 Å². The third-order valence-corrected chi connectivity index (χ3v) is 5.97. The molecular weight excluding hydrogens is 382 g/mol. The third kappa shape index (κ3) is 3.87. The van der Waals surface area contributed by atoms with E-state index in [2.05, 4.69) is 10.4 Å². The number of nitrogens with one attached hydrogen (secondary N) is 1. The molecule has 138 valence electrons. The number of carbonyl (C=O) groups is 2. The predicted octanol–water partition coefficient (Wildman–Crippen LogP) is 4.18. The van der Waals surface area contributed by atoms with Crippen LogP contribution in [0.15, 0.2) is 58.5 Å². The monoisotopic (exact) mass is 399 g/mol. The summed E-state index contributed by atoms with van der Waals surface area (Å²) < 4.78 is 0. The van der Waals surface area contributed by atoms with Gasteiger partial charge in [0.15, 0.2) is 0 Å². The summed E-state index contributed by atoms with van der Waals surface area (Å²) in [5, 5.41) is 9.39. The molecule has 0 aliphatic carbocycles. The maximum atomic E-state index is 12.8. The lowest BCUT2D eigenvalue weighted by Crippen LogP contribution is -2.41. The van der Waals surface area contributed by atoms with Crippen LogP contribution in [0.4, 0.5) is 5.69 Å². The standard InChI is InChI=1S/C20H18ClN3O2S/c21-13-6-8-18-15(12-13)16(10-11-27-18)22-20(26)17-7-9-19(25)24(23-17)14-4-2-1-3-5-14/h1-6,8,12,16H,7,9-11H2,(H,22,26)/t16-/m1/s1. The number of rotatable bonds is 3. The molecule has 0 bridgehead atoms. The molecule has 0 unspecified atom stereocenters. The number of hydrogen-bond donors (Lipinski definition) is 1. The fraction of sp³-hybridized carbons (Fsp3) is 0.250. The summed E-state index contributed by atoms with van der Waals surface area (Å²) in [6.07, 6.45) is 1.44. The highest BCUT2D eigenvalue weighted by atomic mass is 35.5. The Morgan fingerprint density at radius 2 is 2.00 bits per heavy atom. The van der Waals surface area contributed by atoms with Gasteiger partial charge in [0, 0.05) is 28.5 Å². The number of amides is 2. The molecule has 7 heteroatoms. The predicted molar refractivity (Wildman–Crippen MR) is 108 cm³/mol. The minimum atomic E-state index is -0.230. The van der Waals surface area contributed by atoms with Gasteiger partial charge in [-0.05, 0) is 42.3 Å². The highest BCUT2D eigenvalue weighted by Gasteiger charge is 2.28. The van der Waals surface area contributed by atoms with E-state index in [1.807, 2.05) is 36.4 Å². The van der Waals surface area contributed by atoms with E-state index in [1.54, 1.807) is 23.9 Å². The van der Waals surface area contributed by atoms with Gasteiger partial charge in [-0.3, -0.25) is 9.59 Å². The molecule has 0 aromatic heterocycles. The molecule has 2 aromatic carbocycles. The number of carbonyl (C=O) groups excluding carboxylic acids is 2. The maximum absolute atomic E-state index is 12.8. The third-order valence-electron chi connectivity index (χ3n) is 4.61.